The molecule has 1 aliphatic rings. The average Bonchev–Trinajstić information content (AvgIpc) is 3.51. The highest BCUT2D eigenvalue weighted by Gasteiger charge is 2.30. The Hall–Kier alpha value is -4.23. The standard InChI is InChI=1S/C36H39ClN4O3/c1-24(2)28-13-10-26(11-14-28)12-19-32-31(35(44)40(23-34(42)43)22-27-8-6-25(3)7-9-27)21-38-36(39-32)41-20-4-5-33(41)29-15-17-30(37)18-16-29/h6-11,13-18,21,24,33H,4-5,12,19-20,22-23H2,1-3H3,(H,42,43)/t33-/m0/s1. The molecule has 44 heavy (non-hydrogen) atoms. The number of nitrogens with zero attached hydrogens (tertiary/aromatic N) is 4. The Kier molecular flexibility index (Phi) is 9.95. The van der Waals surface area contributed by atoms with Crippen LogP contribution in [0.3, 0.4) is 0 Å². The van der Waals surface area contributed by atoms with Gasteiger partial charge in [0.1, 0.15) is 6.54 Å². The zero-order valence-corrected chi connectivity index (χ0v) is 26.3. The monoisotopic (exact) mass is 610 g/mol. The SMILES string of the molecule is Cc1ccc(CN(CC(=O)O)C(=O)c2cnc(N3CCC[C@H]3c3ccc(Cl)cc3)nc2CCc2ccc(C(C)C)cc2)cc1. The fourth-order valence-corrected chi connectivity index (χ4v) is 5.86. The van der Waals surface area contributed by atoms with Crippen molar-refractivity contribution in [1.82, 2.24) is 14.9 Å². The molecule has 7 nitrogen and oxygen atoms in total. The highest BCUT2D eigenvalue weighted by molar-refractivity contribution is 6.30. The van der Waals surface area contributed by atoms with Crippen LogP contribution in [0.5, 0.6) is 0 Å². The molecule has 0 saturated carbocycles. The van der Waals surface area contributed by atoms with Crippen molar-refractivity contribution in [3.8, 4) is 0 Å². The fraction of sp³-hybridized carbons (Fsp3) is 0.333. The first-order chi connectivity index (χ1) is 21.2. The molecule has 0 bridgehead atoms. The van der Waals surface area contributed by atoms with Gasteiger partial charge in [0, 0.05) is 24.3 Å². The van der Waals surface area contributed by atoms with Crippen LogP contribution in [0.4, 0.5) is 5.95 Å². The van der Waals surface area contributed by atoms with E-state index in [2.05, 4.69) is 43.0 Å². The van der Waals surface area contributed by atoms with Gasteiger partial charge in [0.2, 0.25) is 5.95 Å². The zero-order valence-electron chi connectivity index (χ0n) is 25.5. The van der Waals surface area contributed by atoms with Gasteiger partial charge in [-0.3, -0.25) is 9.59 Å². The Bertz CT molecular complexity index is 1590. The number of hydrogen-bond acceptors (Lipinski definition) is 5. The summed E-state index contributed by atoms with van der Waals surface area (Å²) in [6.45, 7) is 6.89. The number of carboxylic acids is 1. The number of hydrogen-bond donors (Lipinski definition) is 1. The van der Waals surface area contributed by atoms with Crippen molar-refractivity contribution >= 4 is 29.4 Å². The molecule has 8 heteroatoms. The predicted molar refractivity (Wildman–Crippen MR) is 174 cm³/mol. The number of carbonyl (C=O) groups excluding carboxylic acids is 1. The van der Waals surface area contributed by atoms with Crippen LogP contribution in [0, 0.1) is 6.92 Å². The third-order valence-corrected chi connectivity index (χ3v) is 8.51. The van der Waals surface area contributed by atoms with Crippen molar-refractivity contribution in [2.75, 3.05) is 18.0 Å². The maximum absolute atomic E-state index is 14.0. The molecule has 3 aromatic carbocycles. The predicted octanol–water partition coefficient (Wildman–Crippen LogP) is 7.42. The summed E-state index contributed by atoms with van der Waals surface area (Å²) in [6.07, 6.45) is 4.75. The number of aromatic nitrogens is 2. The van der Waals surface area contributed by atoms with Crippen molar-refractivity contribution in [2.45, 2.75) is 65.0 Å². The Morgan fingerprint density at radius 2 is 1.66 bits per heavy atom. The van der Waals surface area contributed by atoms with E-state index in [1.54, 1.807) is 6.20 Å². The van der Waals surface area contributed by atoms with Gasteiger partial charge in [-0.1, -0.05) is 91.7 Å². The third-order valence-electron chi connectivity index (χ3n) is 8.25. The molecular weight excluding hydrogens is 572 g/mol. The number of carbonyl (C=O) groups is 2. The molecule has 0 aliphatic carbocycles. The van der Waals surface area contributed by atoms with Crippen molar-refractivity contribution in [3.05, 3.63) is 123 Å². The van der Waals surface area contributed by atoms with Crippen LogP contribution >= 0.6 is 11.6 Å². The summed E-state index contributed by atoms with van der Waals surface area (Å²) in [4.78, 5) is 39.1. The van der Waals surface area contributed by atoms with Gasteiger partial charge in [0.25, 0.3) is 5.91 Å². The van der Waals surface area contributed by atoms with Crippen LogP contribution in [-0.4, -0.2) is 44.9 Å². The van der Waals surface area contributed by atoms with Crippen LogP contribution in [0.1, 0.15) is 82.5 Å². The molecule has 4 aromatic rings. The number of halogens is 1. The van der Waals surface area contributed by atoms with Gasteiger partial charge in [-0.15, -0.1) is 0 Å². The van der Waals surface area contributed by atoms with E-state index in [-0.39, 0.29) is 18.5 Å². The summed E-state index contributed by atoms with van der Waals surface area (Å²) in [5.74, 6) is -0.439. The summed E-state index contributed by atoms with van der Waals surface area (Å²) in [7, 11) is 0. The van der Waals surface area contributed by atoms with Gasteiger partial charge in [-0.05, 0) is 72.9 Å². The third kappa shape index (κ3) is 7.64. The molecule has 1 amide bonds. The molecule has 0 unspecified atom stereocenters. The maximum Gasteiger partial charge on any atom is 0.323 e. The van der Waals surface area contributed by atoms with Crippen LogP contribution in [0.2, 0.25) is 5.02 Å². The van der Waals surface area contributed by atoms with E-state index >= 15 is 0 Å². The summed E-state index contributed by atoms with van der Waals surface area (Å²) >= 11 is 6.15. The van der Waals surface area contributed by atoms with Crippen molar-refractivity contribution in [1.29, 1.82) is 0 Å². The quantitative estimate of drug-likeness (QED) is 0.190. The number of anilines is 1. The summed E-state index contributed by atoms with van der Waals surface area (Å²) < 4.78 is 0. The van der Waals surface area contributed by atoms with E-state index in [4.69, 9.17) is 21.6 Å². The molecule has 1 N–H and O–H groups in total. The largest absolute Gasteiger partial charge is 0.480 e. The average molecular weight is 611 g/mol. The molecule has 2 heterocycles. The Morgan fingerprint density at radius 3 is 2.32 bits per heavy atom. The van der Waals surface area contributed by atoms with Crippen molar-refractivity contribution in [3.63, 3.8) is 0 Å². The van der Waals surface area contributed by atoms with Crippen molar-refractivity contribution < 1.29 is 14.7 Å². The Labute approximate surface area is 264 Å². The fourth-order valence-electron chi connectivity index (χ4n) is 5.73. The van der Waals surface area contributed by atoms with E-state index in [0.29, 0.717) is 41.0 Å². The van der Waals surface area contributed by atoms with E-state index < -0.39 is 12.5 Å². The lowest BCUT2D eigenvalue weighted by atomic mass is 9.99. The first-order valence-electron chi connectivity index (χ1n) is 15.2. The van der Waals surface area contributed by atoms with Crippen LogP contribution in [-0.2, 0) is 24.2 Å². The number of benzene rings is 3. The van der Waals surface area contributed by atoms with Gasteiger partial charge in [-0.25, -0.2) is 9.97 Å². The van der Waals surface area contributed by atoms with Crippen LogP contribution in [0.15, 0.2) is 79.0 Å². The molecule has 228 valence electrons. The molecule has 0 radical (unpaired) electrons. The highest BCUT2D eigenvalue weighted by Crippen LogP contribution is 2.35. The minimum absolute atomic E-state index is 0.107. The van der Waals surface area contributed by atoms with Gasteiger partial charge < -0.3 is 14.9 Å². The molecular formula is C36H39ClN4O3. The van der Waals surface area contributed by atoms with Crippen LogP contribution in [0.25, 0.3) is 0 Å². The lowest BCUT2D eigenvalue weighted by Crippen LogP contribution is -2.36. The lowest BCUT2D eigenvalue weighted by Gasteiger charge is -2.27. The van der Waals surface area contributed by atoms with E-state index in [1.165, 1.54) is 10.5 Å². The minimum atomic E-state index is -1.07. The first-order valence-corrected chi connectivity index (χ1v) is 15.6. The number of amides is 1. The topological polar surface area (TPSA) is 86.6 Å². The van der Waals surface area contributed by atoms with E-state index in [0.717, 1.165) is 41.6 Å². The molecule has 0 spiro atoms. The van der Waals surface area contributed by atoms with Gasteiger partial charge in [-0.2, -0.15) is 0 Å². The first kappa shape index (κ1) is 31.2. The number of aliphatic carboxylic acids is 1. The normalized spacial score (nSPS) is 14.7. The van der Waals surface area contributed by atoms with Crippen LogP contribution < -0.4 is 4.90 Å². The van der Waals surface area contributed by atoms with E-state index in [1.807, 2.05) is 55.5 Å². The molecule has 1 aromatic heterocycles. The number of aryl methyl sites for hydroxylation is 3. The zero-order chi connectivity index (χ0) is 31.2. The molecule has 1 fully saturated rings. The maximum atomic E-state index is 14.0. The smallest absolute Gasteiger partial charge is 0.323 e. The molecule has 5 rings (SSSR count). The summed E-state index contributed by atoms with van der Waals surface area (Å²) in [6, 6.07) is 24.3. The number of carboxylic acid groups (broad SMARTS) is 1. The van der Waals surface area contributed by atoms with Crippen molar-refractivity contribution in [2.24, 2.45) is 0 Å². The van der Waals surface area contributed by atoms with E-state index in [9.17, 15) is 14.7 Å². The molecule has 1 atom stereocenters. The second-order valence-corrected chi connectivity index (χ2v) is 12.3. The number of rotatable bonds is 11. The van der Waals surface area contributed by atoms with Gasteiger partial charge in [0.15, 0.2) is 0 Å². The Balaban J connectivity index is 1.47. The summed E-state index contributed by atoms with van der Waals surface area (Å²) in [5.41, 5.74) is 6.48. The highest BCUT2D eigenvalue weighted by atomic mass is 35.5. The second-order valence-electron chi connectivity index (χ2n) is 11.9. The molecule has 1 saturated heterocycles. The summed E-state index contributed by atoms with van der Waals surface area (Å²) in [5, 5.41) is 10.4. The minimum Gasteiger partial charge on any atom is -0.480 e. The Morgan fingerprint density at radius 1 is 0.977 bits per heavy atom. The van der Waals surface area contributed by atoms with Gasteiger partial charge in [0.05, 0.1) is 17.3 Å². The van der Waals surface area contributed by atoms with Gasteiger partial charge >= 0.3 is 5.97 Å². The molecule has 1 aliphatic heterocycles. The lowest BCUT2D eigenvalue weighted by molar-refractivity contribution is -0.137. The second kappa shape index (κ2) is 14.0.